The second kappa shape index (κ2) is 7.91. The highest BCUT2D eigenvalue weighted by Crippen LogP contribution is 2.20. The van der Waals surface area contributed by atoms with Crippen molar-refractivity contribution >= 4 is 23.1 Å². The first kappa shape index (κ1) is 15.7. The maximum atomic E-state index is 10.7. The molecular weight excluding hydrogens is 268 g/mol. The van der Waals surface area contributed by atoms with Crippen LogP contribution in [0.5, 0.6) is 0 Å². The maximum absolute atomic E-state index is 10.7. The molecule has 0 aliphatic rings. The van der Waals surface area contributed by atoms with Gasteiger partial charge in [-0.05, 0) is 19.5 Å². The minimum Gasteiger partial charge on any atom is -0.369 e. The summed E-state index contributed by atoms with van der Waals surface area (Å²) >= 11 is 5.75. The molecule has 1 aromatic rings. The van der Waals surface area contributed by atoms with E-state index in [1.54, 1.807) is 0 Å². The lowest BCUT2D eigenvalue weighted by Gasteiger charge is -2.19. The first-order valence-corrected chi connectivity index (χ1v) is 6.72. The summed E-state index contributed by atoms with van der Waals surface area (Å²) in [4.78, 5) is 16.5. The second-order valence-electron chi connectivity index (χ2n) is 4.15. The minimum atomic E-state index is -0.478. The monoisotopic (exact) mass is 286 g/mol. The fourth-order valence-electron chi connectivity index (χ4n) is 1.77. The smallest absolute Gasteiger partial charge is 0.276 e. The quantitative estimate of drug-likeness (QED) is 0.452. The molecule has 0 saturated carbocycles. The lowest BCUT2D eigenvalue weighted by atomic mass is 10.3. The zero-order chi connectivity index (χ0) is 14.3. The summed E-state index contributed by atoms with van der Waals surface area (Å²) in [6.45, 7) is 7.82. The van der Waals surface area contributed by atoms with Gasteiger partial charge in [0.05, 0.1) is 17.1 Å². The number of aromatic nitrogens is 1. The predicted molar refractivity (Wildman–Crippen MR) is 76.8 cm³/mol. The molecule has 0 aromatic carbocycles. The first-order chi connectivity index (χ1) is 9.06. The van der Waals surface area contributed by atoms with Crippen LogP contribution in [0, 0.1) is 10.1 Å². The van der Waals surface area contributed by atoms with Crippen LogP contribution in [-0.4, -0.2) is 41.0 Å². The van der Waals surface area contributed by atoms with Crippen LogP contribution >= 0.6 is 11.6 Å². The van der Waals surface area contributed by atoms with Gasteiger partial charge < -0.3 is 10.2 Å². The fraction of sp³-hybridized carbons (Fsp3) is 0.583. The Hall–Kier alpha value is -1.40. The van der Waals surface area contributed by atoms with Gasteiger partial charge in [-0.15, -0.1) is 0 Å². The molecule has 6 nitrogen and oxygen atoms in total. The van der Waals surface area contributed by atoms with Crippen LogP contribution in [0.4, 0.5) is 11.5 Å². The van der Waals surface area contributed by atoms with Crippen molar-refractivity contribution < 1.29 is 4.92 Å². The highest BCUT2D eigenvalue weighted by molar-refractivity contribution is 6.29. The molecule has 1 rings (SSSR count). The van der Waals surface area contributed by atoms with Gasteiger partial charge in [-0.1, -0.05) is 25.4 Å². The van der Waals surface area contributed by atoms with Gasteiger partial charge in [0.15, 0.2) is 0 Å². The Labute approximate surface area is 117 Å². The van der Waals surface area contributed by atoms with Crippen LogP contribution < -0.4 is 5.32 Å². The molecule has 0 saturated heterocycles. The molecule has 0 aliphatic carbocycles. The molecule has 0 radical (unpaired) electrons. The number of hydrogen-bond donors (Lipinski definition) is 1. The van der Waals surface area contributed by atoms with E-state index in [1.807, 2.05) is 0 Å². The molecule has 106 valence electrons. The van der Waals surface area contributed by atoms with Crippen molar-refractivity contribution in [3.05, 3.63) is 27.4 Å². The number of anilines is 1. The number of rotatable bonds is 8. The lowest BCUT2D eigenvalue weighted by molar-refractivity contribution is -0.384. The van der Waals surface area contributed by atoms with Gasteiger partial charge in [-0.25, -0.2) is 4.98 Å². The molecule has 0 aliphatic heterocycles. The van der Waals surface area contributed by atoms with E-state index in [0.717, 1.165) is 26.1 Å². The third kappa shape index (κ3) is 5.40. The van der Waals surface area contributed by atoms with E-state index >= 15 is 0 Å². The fourth-order valence-corrected chi connectivity index (χ4v) is 1.97. The van der Waals surface area contributed by atoms with Gasteiger partial charge in [0.2, 0.25) is 0 Å². The summed E-state index contributed by atoms with van der Waals surface area (Å²) in [6.07, 6.45) is 1.11. The number of halogens is 1. The van der Waals surface area contributed by atoms with Crippen LogP contribution in [0.25, 0.3) is 0 Å². The van der Waals surface area contributed by atoms with Gasteiger partial charge in [0.25, 0.3) is 5.69 Å². The number of nitrogens with one attached hydrogen (secondary N) is 1. The molecular formula is C12H19ClN4O2. The van der Waals surface area contributed by atoms with Crippen molar-refractivity contribution in [3.8, 4) is 0 Å². The average molecular weight is 287 g/mol. The van der Waals surface area contributed by atoms with Crippen molar-refractivity contribution in [2.75, 3.05) is 31.5 Å². The Morgan fingerprint density at radius 2 is 2.16 bits per heavy atom. The Kier molecular flexibility index (Phi) is 6.52. The van der Waals surface area contributed by atoms with E-state index in [0.29, 0.717) is 12.4 Å². The summed E-state index contributed by atoms with van der Waals surface area (Å²) in [5.74, 6) is 0.437. The SMILES string of the molecule is CCCN(CC)CCNc1cc([N+](=O)[O-])cc(Cl)n1. The van der Waals surface area contributed by atoms with Gasteiger partial charge in [-0.3, -0.25) is 10.1 Å². The van der Waals surface area contributed by atoms with Gasteiger partial charge in [-0.2, -0.15) is 0 Å². The summed E-state index contributed by atoms with van der Waals surface area (Å²) in [7, 11) is 0. The van der Waals surface area contributed by atoms with Crippen LogP contribution in [0.3, 0.4) is 0 Å². The molecule has 0 spiro atoms. The Morgan fingerprint density at radius 3 is 2.74 bits per heavy atom. The highest BCUT2D eigenvalue weighted by Gasteiger charge is 2.10. The molecule has 1 heterocycles. The topological polar surface area (TPSA) is 71.3 Å². The van der Waals surface area contributed by atoms with Crippen molar-refractivity contribution in [1.29, 1.82) is 0 Å². The van der Waals surface area contributed by atoms with Crippen molar-refractivity contribution in [1.82, 2.24) is 9.88 Å². The Morgan fingerprint density at radius 1 is 1.42 bits per heavy atom. The highest BCUT2D eigenvalue weighted by atomic mass is 35.5. The first-order valence-electron chi connectivity index (χ1n) is 6.35. The van der Waals surface area contributed by atoms with E-state index < -0.39 is 4.92 Å². The van der Waals surface area contributed by atoms with Gasteiger partial charge >= 0.3 is 0 Å². The van der Waals surface area contributed by atoms with Crippen LogP contribution in [0.15, 0.2) is 12.1 Å². The Bertz CT molecular complexity index is 428. The summed E-state index contributed by atoms with van der Waals surface area (Å²) in [6, 6.07) is 2.63. The summed E-state index contributed by atoms with van der Waals surface area (Å²) in [5.41, 5.74) is -0.0524. The summed E-state index contributed by atoms with van der Waals surface area (Å²) in [5, 5.41) is 13.9. The molecule has 19 heavy (non-hydrogen) atoms. The number of hydrogen-bond acceptors (Lipinski definition) is 5. The van der Waals surface area contributed by atoms with Gasteiger partial charge in [0, 0.05) is 13.1 Å². The third-order valence-corrected chi connectivity index (χ3v) is 2.90. The molecule has 1 N–H and O–H groups in total. The Balaban J connectivity index is 2.55. The van der Waals surface area contributed by atoms with E-state index in [-0.39, 0.29) is 10.8 Å². The molecule has 0 atom stereocenters. The molecule has 0 amide bonds. The lowest BCUT2D eigenvalue weighted by Crippen LogP contribution is -2.29. The van der Waals surface area contributed by atoms with Crippen LogP contribution in [-0.2, 0) is 0 Å². The zero-order valence-electron chi connectivity index (χ0n) is 11.2. The molecule has 1 aromatic heterocycles. The number of likely N-dealkylation sites (N-methyl/N-ethyl adjacent to an activating group) is 1. The third-order valence-electron chi connectivity index (χ3n) is 2.71. The normalized spacial score (nSPS) is 10.7. The average Bonchev–Trinajstić information content (AvgIpc) is 2.37. The number of pyridine rings is 1. The second-order valence-corrected chi connectivity index (χ2v) is 4.54. The molecule has 7 heteroatoms. The van der Waals surface area contributed by atoms with E-state index in [4.69, 9.17) is 11.6 Å². The molecule has 0 bridgehead atoms. The van der Waals surface area contributed by atoms with E-state index in [1.165, 1.54) is 12.1 Å². The largest absolute Gasteiger partial charge is 0.369 e. The van der Waals surface area contributed by atoms with E-state index in [2.05, 4.69) is 29.0 Å². The van der Waals surface area contributed by atoms with Crippen molar-refractivity contribution in [2.24, 2.45) is 0 Å². The van der Waals surface area contributed by atoms with Crippen molar-refractivity contribution in [2.45, 2.75) is 20.3 Å². The molecule has 0 unspecified atom stereocenters. The van der Waals surface area contributed by atoms with Crippen LogP contribution in [0.1, 0.15) is 20.3 Å². The zero-order valence-corrected chi connectivity index (χ0v) is 12.0. The predicted octanol–water partition coefficient (Wildman–Crippen LogP) is 2.79. The van der Waals surface area contributed by atoms with Crippen molar-refractivity contribution in [3.63, 3.8) is 0 Å². The van der Waals surface area contributed by atoms with Gasteiger partial charge in [0.1, 0.15) is 11.0 Å². The number of nitro groups is 1. The molecule has 0 fully saturated rings. The summed E-state index contributed by atoms with van der Waals surface area (Å²) < 4.78 is 0. The standard InChI is InChI=1S/C12H19ClN4O2/c1-3-6-16(4-2)7-5-14-12-9-10(17(18)19)8-11(13)15-12/h8-9H,3-7H2,1-2H3,(H,14,15). The maximum Gasteiger partial charge on any atom is 0.276 e. The number of nitrogens with zero attached hydrogens (tertiary/aromatic N) is 3. The minimum absolute atomic E-state index is 0.0524. The van der Waals surface area contributed by atoms with Crippen LogP contribution in [0.2, 0.25) is 5.15 Å². The van der Waals surface area contributed by atoms with E-state index in [9.17, 15) is 10.1 Å².